The molecule has 0 bridgehead atoms. The van der Waals surface area contributed by atoms with Gasteiger partial charge in [0, 0.05) is 24.4 Å². The van der Waals surface area contributed by atoms with Gasteiger partial charge in [0.25, 0.3) is 0 Å². The van der Waals surface area contributed by atoms with Gasteiger partial charge in [-0.05, 0) is 29.2 Å². The zero-order valence-corrected chi connectivity index (χ0v) is 20.4. The number of fused-ring (bicyclic) bond motifs is 3. The third-order valence-corrected chi connectivity index (χ3v) is 6.89. The van der Waals surface area contributed by atoms with Gasteiger partial charge in [0.2, 0.25) is 5.91 Å². The van der Waals surface area contributed by atoms with Crippen LogP contribution < -0.4 is 5.32 Å². The van der Waals surface area contributed by atoms with Crippen LogP contribution in [0.25, 0.3) is 11.1 Å². The Labute approximate surface area is 207 Å². The van der Waals surface area contributed by atoms with E-state index < -0.39 is 18.0 Å². The van der Waals surface area contributed by atoms with Gasteiger partial charge >= 0.3 is 12.1 Å². The van der Waals surface area contributed by atoms with E-state index in [0.29, 0.717) is 17.4 Å². The maximum atomic E-state index is 12.6. The number of hydrogen-bond acceptors (Lipinski definition) is 6. The Kier molecular flexibility index (Phi) is 7.45. The maximum Gasteiger partial charge on any atom is 0.413 e. The lowest BCUT2D eigenvalue weighted by Gasteiger charge is -2.22. The van der Waals surface area contributed by atoms with E-state index in [2.05, 4.69) is 34.6 Å². The van der Waals surface area contributed by atoms with Gasteiger partial charge < -0.3 is 14.7 Å². The molecule has 2 aromatic carbocycles. The summed E-state index contributed by atoms with van der Waals surface area (Å²) in [6.07, 6.45) is -0.576. The topological polar surface area (TPSA) is 109 Å². The van der Waals surface area contributed by atoms with Gasteiger partial charge in [-0.25, -0.2) is 9.78 Å². The fourth-order valence-corrected chi connectivity index (χ4v) is 4.95. The molecule has 3 aromatic rings. The van der Waals surface area contributed by atoms with Crippen molar-refractivity contribution in [1.29, 1.82) is 0 Å². The first-order chi connectivity index (χ1) is 16.9. The summed E-state index contributed by atoms with van der Waals surface area (Å²) in [5.74, 6) is -1.84. The molecule has 0 aliphatic heterocycles. The zero-order valence-electron chi connectivity index (χ0n) is 19.6. The van der Waals surface area contributed by atoms with Gasteiger partial charge in [0.05, 0.1) is 18.0 Å². The summed E-state index contributed by atoms with van der Waals surface area (Å²) in [4.78, 5) is 41.9. The summed E-state index contributed by atoms with van der Waals surface area (Å²) >= 11 is 1.21. The Bertz CT molecular complexity index is 1200. The number of benzene rings is 2. The number of rotatable bonds is 9. The number of carboxylic acid groups (broad SMARTS) is 1. The zero-order chi connectivity index (χ0) is 24.9. The molecule has 1 aliphatic carbocycles. The highest BCUT2D eigenvalue weighted by molar-refractivity contribution is 7.13. The number of aliphatic carboxylic acids is 1. The molecule has 9 heteroatoms. The number of aromatic nitrogens is 1. The summed E-state index contributed by atoms with van der Waals surface area (Å²) in [7, 11) is 0. The molecule has 8 nitrogen and oxygen atoms in total. The van der Waals surface area contributed by atoms with Crippen molar-refractivity contribution in [3.05, 3.63) is 70.7 Å². The van der Waals surface area contributed by atoms with Crippen LogP contribution in [-0.4, -0.2) is 52.7 Å². The molecular formula is C26H27N3O5S. The Morgan fingerprint density at radius 1 is 1.11 bits per heavy atom. The molecule has 1 aromatic heterocycles. The number of hydrogen-bond donors (Lipinski definition) is 2. The van der Waals surface area contributed by atoms with Crippen LogP contribution in [-0.2, 0) is 20.7 Å². The van der Waals surface area contributed by atoms with Crippen molar-refractivity contribution in [1.82, 2.24) is 9.88 Å². The minimum Gasteiger partial charge on any atom is -0.481 e. The van der Waals surface area contributed by atoms with E-state index in [1.807, 2.05) is 24.3 Å². The van der Waals surface area contributed by atoms with E-state index >= 15 is 0 Å². The number of ether oxygens (including phenoxy) is 1. The molecule has 35 heavy (non-hydrogen) atoms. The standard InChI is InChI=1S/C26H27N3O5S/c1-3-29(13-16(2)24(31)32)23(30)12-17-15-35-25(27-17)28-26(33)34-14-22-20-10-6-4-8-18(20)19-9-5-7-11-21(19)22/h4-11,15-16,22H,3,12-14H2,1-2H3,(H,31,32)(H,27,28,33). The first-order valence-corrected chi connectivity index (χ1v) is 12.3. The molecule has 0 spiro atoms. The van der Waals surface area contributed by atoms with E-state index in [-0.39, 0.29) is 31.4 Å². The summed E-state index contributed by atoms with van der Waals surface area (Å²) in [5, 5.41) is 13.8. The van der Waals surface area contributed by atoms with Gasteiger partial charge in [-0.1, -0.05) is 55.5 Å². The fourth-order valence-electron chi connectivity index (χ4n) is 4.25. The highest BCUT2D eigenvalue weighted by Gasteiger charge is 2.29. The predicted molar refractivity (Wildman–Crippen MR) is 134 cm³/mol. The molecule has 0 fully saturated rings. The Morgan fingerprint density at radius 2 is 1.74 bits per heavy atom. The normalized spacial score (nSPS) is 13.0. The second-order valence-electron chi connectivity index (χ2n) is 8.44. The number of carbonyl (C=O) groups is 3. The van der Waals surface area contributed by atoms with Crippen molar-refractivity contribution in [3.63, 3.8) is 0 Å². The summed E-state index contributed by atoms with van der Waals surface area (Å²) in [6, 6.07) is 16.2. The number of carbonyl (C=O) groups excluding carboxylic acids is 2. The monoisotopic (exact) mass is 493 g/mol. The van der Waals surface area contributed by atoms with Crippen molar-refractivity contribution in [2.75, 3.05) is 25.0 Å². The van der Waals surface area contributed by atoms with Crippen LogP contribution in [0.1, 0.15) is 36.6 Å². The number of thiazole rings is 1. The van der Waals surface area contributed by atoms with Crippen LogP contribution in [0.3, 0.4) is 0 Å². The van der Waals surface area contributed by atoms with Crippen molar-refractivity contribution in [2.24, 2.45) is 5.92 Å². The van der Waals surface area contributed by atoms with Crippen molar-refractivity contribution in [3.8, 4) is 11.1 Å². The van der Waals surface area contributed by atoms with Gasteiger partial charge in [0.15, 0.2) is 5.13 Å². The quantitative estimate of drug-likeness (QED) is 0.450. The number of nitrogens with one attached hydrogen (secondary N) is 1. The maximum absolute atomic E-state index is 12.6. The Balaban J connectivity index is 1.33. The molecule has 1 heterocycles. The van der Waals surface area contributed by atoms with Crippen LogP contribution >= 0.6 is 11.3 Å². The van der Waals surface area contributed by atoms with E-state index in [9.17, 15) is 14.4 Å². The molecule has 1 unspecified atom stereocenters. The van der Waals surface area contributed by atoms with Crippen molar-refractivity contribution >= 4 is 34.4 Å². The molecule has 1 aliphatic rings. The van der Waals surface area contributed by atoms with Crippen LogP contribution in [0.15, 0.2) is 53.9 Å². The van der Waals surface area contributed by atoms with Crippen LogP contribution in [0.5, 0.6) is 0 Å². The lowest BCUT2D eigenvalue weighted by Crippen LogP contribution is -2.37. The molecule has 2 N–H and O–H groups in total. The Hall–Kier alpha value is -3.72. The van der Waals surface area contributed by atoms with E-state index in [1.165, 1.54) is 16.2 Å². The minimum absolute atomic E-state index is 0.0308. The van der Waals surface area contributed by atoms with E-state index in [4.69, 9.17) is 9.84 Å². The number of amides is 2. The average Bonchev–Trinajstić information content (AvgIpc) is 3.42. The molecular weight excluding hydrogens is 466 g/mol. The molecule has 2 amide bonds. The Morgan fingerprint density at radius 3 is 2.34 bits per heavy atom. The van der Waals surface area contributed by atoms with Crippen molar-refractivity contribution < 1.29 is 24.2 Å². The molecule has 0 saturated carbocycles. The highest BCUT2D eigenvalue weighted by Crippen LogP contribution is 2.44. The fraction of sp³-hybridized carbons (Fsp3) is 0.308. The van der Waals surface area contributed by atoms with Gasteiger partial charge in [0.1, 0.15) is 6.61 Å². The molecule has 182 valence electrons. The average molecular weight is 494 g/mol. The lowest BCUT2D eigenvalue weighted by atomic mass is 9.98. The molecule has 0 radical (unpaired) electrons. The van der Waals surface area contributed by atoms with E-state index in [0.717, 1.165) is 22.3 Å². The third-order valence-electron chi connectivity index (χ3n) is 6.09. The smallest absolute Gasteiger partial charge is 0.413 e. The largest absolute Gasteiger partial charge is 0.481 e. The SMILES string of the molecule is CCN(CC(C)C(=O)O)C(=O)Cc1csc(NC(=O)OCC2c3ccccc3-c3ccccc32)n1. The number of carboxylic acids is 1. The van der Waals surface area contributed by atoms with Crippen LogP contribution in [0.4, 0.5) is 9.93 Å². The first-order valence-electron chi connectivity index (χ1n) is 11.4. The number of nitrogens with zero attached hydrogens (tertiary/aromatic N) is 2. The number of likely N-dealkylation sites (N-methyl/N-ethyl adjacent to an activating group) is 1. The molecule has 1 atom stereocenters. The van der Waals surface area contributed by atoms with Gasteiger partial charge in [-0.15, -0.1) is 11.3 Å². The predicted octanol–water partition coefficient (Wildman–Crippen LogP) is 4.62. The highest BCUT2D eigenvalue weighted by atomic mass is 32.1. The van der Waals surface area contributed by atoms with Crippen molar-refractivity contribution in [2.45, 2.75) is 26.2 Å². The molecule has 4 rings (SSSR count). The van der Waals surface area contributed by atoms with E-state index in [1.54, 1.807) is 19.2 Å². The second kappa shape index (κ2) is 10.7. The van der Waals surface area contributed by atoms with Gasteiger partial charge in [-0.2, -0.15) is 0 Å². The second-order valence-corrected chi connectivity index (χ2v) is 9.30. The van der Waals surface area contributed by atoms with Crippen LogP contribution in [0.2, 0.25) is 0 Å². The summed E-state index contributed by atoms with van der Waals surface area (Å²) < 4.78 is 5.54. The molecule has 0 saturated heterocycles. The summed E-state index contributed by atoms with van der Waals surface area (Å²) in [5.41, 5.74) is 5.09. The summed E-state index contributed by atoms with van der Waals surface area (Å²) in [6.45, 7) is 4.12. The lowest BCUT2D eigenvalue weighted by molar-refractivity contribution is -0.142. The van der Waals surface area contributed by atoms with Crippen LogP contribution in [0, 0.1) is 5.92 Å². The number of anilines is 1. The van der Waals surface area contributed by atoms with Gasteiger partial charge in [-0.3, -0.25) is 14.9 Å². The third kappa shape index (κ3) is 5.51. The first kappa shape index (κ1) is 24.4. The minimum atomic E-state index is -0.945.